The molecule has 0 fully saturated rings. The Morgan fingerprint density at radius 1 is 1.05 bits per heavy atom. The molecule has 11 nitrogen and oxygen atoms in total. The number of benzene rings is 2. The Hall–Kier alpha value is -4.18. The fourth-order valence-corrected chi connectivity index (χ4v) is 4.77. The first-order valence-corrected chi connectivity index (χ1v) is 15.9. The van der Waals surface area contributed by atoms with Crippen LogP contribution < -0.4 is 10.7 Å². The molecule has 2 aromatic carbocycles. The summed E-state index contributed by atoms with van der Waals surface area (Å²) in [6.45, 7) is 0.0446. The number of halogens is 1. The van der Waals surface area contributed by atoms with Crippen LogP contribution in [-0.4, -0.2) is 66.6 Å². The molecule has 0 radical (unpaired) electrons. The molecule has 0 bridgehead atoms. The van der Waals surface area contributed by atoms with E-state index in [0.29, 0.717) is 34.3 Å². The molecule has 0 aliphatic heterocycles. The van der Waals surface area contributed by atoms with Crippen molar-refractivity contribution in [3.8, 4) is 11.8 Å². The monoisotopic (exact) mass is 643 g/mol. The summed E-state index contributed by atoms with van der Waals surface area (Å²) in [6, 6.07) is 12.0. The fraction of sp³-hybridized carbons (Fsp3) is 0.355. The van der Waals surface area contributed by atoms with E-state index in [9.17, 15) is 27.6 Å². The molecule has 0 atom stereocenters. The van der Waals surface area contributed by atoms with Crippen molar-refractivity contribution in [2.75, 3.05) is 26.0 Å². The molecular formula is C31H34ClN3O8S. The van der Waals surface area contributed by atoms with Crippen molar-refractivity contribution < 1.29 is 32.1 Å². The molecule has 3 rings (SSSR count). The summed E-state index contributed by atoms with van der Waals surface area (Å²) in [7, 11) is -2.63. The second-order valence-electron chi connectivity index (χ2n) is 10.1. The highest BCUT2D eigenvalue weighted by Crippen LogP contribution is 2.12. The number of esters is 1. The van der Waals surface area contributed by atoms with Gasteiger partial charge >= 0.3 is 5.97 Å². The summed E-state index contributed by atoms with van der Waals surface area (Å²) < 4.78 is 35.5. The Kier molecular flexibility index (Phi) is 13.0. The Bertz CT molecular complexity index is 1710. The number of hydrogen-bond acceptors (Lipinski definition) is 7. The second kappa shape index (κ2) is 16.6. The summed E-state index contributed by atoms with van der Waals surface area (Å²) in [5.74, 6) is 4.00. The summed E-state index contributed by atoms with van der Waals surface area (Å²) in [4.78, 5) is 53.9. The maximum atomic E-state index is 13.0. The average Bonchev–Trinajstić information content (AvgIpc) is 2.99. The molecule has 3 N–H and O–H groups in total. The number of amides is 2. The van der Waals surface area contributed by atoms with Gasteiger partial charge < -0.3 is 19.9 Å². The van der Waals surface area contributed by atoms with Gasteiger partial charge in [-0.1, -0.05) is 48.4 Å². The second-order valence-corrected chi connectivity index (χ2v) is 12.1. The van der Waals surface area contributed by atoms with Crippen molar-refractivity contribution in [3.63, 3.8) is 0 Å². The van der Waals surface area contributed by atoms with Crippen molar-refractivity contribution in [1.82, 2.24) is 15.2 Å². The van der Waals surface area contributed by atoms with E-state index in [1.165, 1.54) is 18.1 Å². The molecule has 1 aromatic heterocycles. The van der Waals surface area contributed by atoms with E-state index < -0.39 is 33.2 Å². The summed E-state index contributed by atoms with van der Waals surface area (Å²) in [5, 5.41) is 3.62. The fourth-order valence-electron chi connectivity index (χ4n) is 4.14. The molecule has 0 saturated heterocycles. The number of hydrogen-bond donors (Lipinski definition) is 3. The smallest absolute Gasteiger partial charge is 0.306 e. The van der Waals surface area contributed by atoms with E-state index in [1.54, 1.807) is 42.5 Å². The van der Waals surface area contributed by atoms with Crippen molar-refractivity contribution in [2.45, 2.75) is 45.1 Å². The third-order valence-electron chi connectivity index (χ3n) is 6.66. The lowest BCUT2D eigenvalue weighted by Crippen LogP contribution is -2.31. The van der Waals surface area contributed by atoms with Crippen LogP contribution >= 0.6 is 11.6 Å². The van der Waals surface area contributed by atoms with Gasteiger partial charge in [0.15, 0.2) is 6.61 Å². The van der Waals surface area contributed by atoms with Gasteiger partial charge in [0.2, 0.25) is 11.3 Å². The van der Waals surface area contributed by atoms with Gasteiger partial charge in [-0.25, -0.2) is 0 Å². The number of aromatic amines is 1. The van der Waals surface area contributed by atoms with Gasteiger partial charge in [0, 0.05) is 60.7 Å². The van der Waals surface area contributed by atoms with Crippen LogP contribution in [0.1, 0.15) is 60.0 Å². The van der Waals surface area contributed by atoms with Gasteiger partial charge in [-0.2, -0.15) is 8.42 Å². The summed E-state index contributed by atoms with van der Waals surface area (Å²) in [5.41, 5.74) is 1.45. The lowest BCUT2D eigenvalue weighted by Gasteiger charge is -2.16. The first-order chi connectivity index (χ1) is 20.9. The molecule has 0 saturated carbocycles. The van der Waals surface area contributed by atoms with E-state index in [1.807, 2.05) is 0 Å². The first kappa shape index (κ1) is 34.3. The van der Waals surface area contributed by atoms with Gasteiger partial charge in [0.1, 0.15) is 5.56 Å². The number of rotatable bonds is 14. The molecule has 44 heavy (non-hydrogen) atoms. The van der Waals surface area contributed by atoms with E-state index in [2.05, 4.69) is 22.1 Å². The number of pyridine rings is 1. The minimum Gasteiger partial charge on any atom is -0.452 e. The molecule has 0 aliphatic rings. The molecule has 0 aliphatic carbocycles. The van der Waals surface area contributed by atoms with Crippen LogP contribution in [0.3, 0.4) is 0 Å². The van der Waals surface area contributed by atoms with E-state index in [4.69, 9.17) is 20.9 Å². The SMILES string of the molecule is CN(CCS(=O)(=O)O)C(=O)CCCCCCC(=O)OCC#Cc1ccc2[nH]cc(C(=O)NCc3ccc(Cl)cc3)c(=O)c2c1. The van der Waals surface area contributed by atoms with Gasteiger partial charge in [-0.15, -0.1) is 0 Å². The topological polar surface area (TPSA) is 163 Å². The van der Waals surface area contributed by atoms with Crippen LogP contribution in [0.4, 0.5) is 0 Å². The van der Waals surface area contributed by atoms with Gasteiger partial charge in [0.25, 0.3) is 16.0 Å². The van der Waals surface area contributed by atoms with Crippen LogP contribution in [0.15, 0.2) is 53.5 Å². The Balaban J connectivity index is 1.40. The third-order valence-corrected chi connectivity index (χ3v) is 7.61. The Morgan fingerprint density at radius 2 is 1.75 bits per heavy atom. The number of aromatic nitrogens is 1. The quantitative estimate of drug-likeness (QED) is 0.104. The zero-order valence-electron chi connectivity index (χ0n) is 24.2. The maximum absolute atomic E-state index is 13.0. The number of nitrogens with zero attached hydrogens (tertiary/aromatic N) is 1. The van der Waals surface area contributed by atoms with Crippen LogP contribution in [0.25, 0.3) is 10.9 Å². The largest absolute Gasteiger partial charge is 0.452 e. The van der Waals surface area contributed by atoms with E-state index in [-0.39, 0.29) is 44.0 Å². The standard InChI is InChI=1S/C31H34ClN3O8S/c1-35(16-18-44(40,41)42)28(36)8-4-2-3-5-9-29(37)43-17-6-7-22-12-15-27-25(19-22)30(38)26(21-33-27)31(39)34-20-23-10-13-24(32)14-11-23/h10-15,19,21H,2-5,8-9,16-18,20H2,1H3,(H,33,38)(H,34,39)(H,40,41,42). The van der Waals surface area contributed by atoms with Crippen LogP contribution in [0, 0.1) is 11.8 Å². The highest BCUT2D eigenvalue weighted by atomic mass is 35.5. The molecule has 0 spiro atoms. The predicted octanol–water partition coefficient (Wildman–Crippen LogP) is 3.69. The maximum Gasteiger partial charge on any atom is 0.306 e. The molecule has 2 amide bonds. The Labute approximate surface area is 260 Å². The van der Waals surface area contributed by atoms with Crippen molar-refractivity contribution in [2.24, 2.45) is 0 Å². The van der Waals surface area contributed by atoms with E-state index in [0.717, 1.165) is 18.4 Å². The van der Waals surface area contributed by atoms with E-state index >= 15 is 0 Å². The summed E-state index contributed by atoms with van der Waals surface area (Å²) >= 11 is 5.89. The number of unbranched alkanes of at least 4 members (excludes halogenated alkanes) is 3. The van der Waals surface area contributed by atoms with Gasteiger partial charge in [0.05, 0.1) is 5.75 Å². The minimum atomic E-state index is -4.11. The molecule has 234 valence electrons. The lowest BCUT2D eigenvalue weighted by molar-refractivity contribution is -0.142. The number of ether oxygens (including phenoxy) is 1. The molecular weight excluding hydrogens is 610 g/mol. The van der Waals surface area contributed by atoms with Crippen LogP contribution in [0.2, 0.25) is 5.02 Å². The number of carbonyl (C=O) groups excluding carboxylic acids is 3. The molecule has 0 unspecified atom stereocenters. The Morgan fingerprint density at radius 3 is 2.45 bits per heavy atom. The van der Waals surface area contributed by atoms with Gasteiger partial charge in [-0.05, 0) is 48.7 Å². The minimum absolute atomic E-state index is 0.0277. The van der Waals surface area contributed by atoms with Crippen LogP contribution in [0.5, 0.6) is 0 Å². The lowest BCUT2D eigenvalue weighted by atomic mass is 10.1. The number of H-pyrrole nitrogens is 1. The zero-order chi connectivity index (χ0) is 32.1. The summed E-state index contributed by atoms with van der Waals surface area (Å²) in [6.07, 6.45) is 4.46. The third kappa shape index (κ3) is 11.5. The highest BCUT2D eigenvalue weighted by Gasteiger charge is 2.14. The van der Waals surface area contributed by atoms with Crippen molar-refractivity contribution in [3.05, 3.63) is 80.6 Å². The normalized spacial score (nSPS) is 11.0. The highest BCUT2D eigenvalue weighted by molar-refractivity contribution is 7.85. The number of fused-ring (bicyclic) bond motifs is 1. The average molecular weight is 644 g/mol. The first-order valence-electron chi connectivity index (χ1n) is 13.9. The molecule has 3 aromatic rings. The predicted molar refractivity (Wildman–Crippen MR) is 167 cm³/mol. The number of nitrogens with one attached hydrogen (secondary N) is 2. The van der Waals surface area contributed by atoms with Crippen LogP contribution in [-0.2, 0) is 31.0 Å². The molecule has 13 heteroatoms. The van der Waals surface area contributed by atoms with Gasteiger partial charge in [-0.3, -0.25) is 23.7 Å². The van der Waals surface area contributed by atoms with Crippen molar-refractivity contribution >= 4 is 50.4 Å². The van der Waals surface area contributed by atoms with Crippen molar-refractivity contribution in [1.29, 1.82) is 0 Å². The zero-order valence-corrected chi connectivity index (χ0v) is 25.8. The molecule has 1 heterocycles. The number of carbonyl (C=O) groups is 3.